The van der Waals surface area contributed by atoms with Crippen molar-refractivity contribution in [3.05, 3.63) is 24.2 Å². The van der Waals surface area contributed by atoms with E-state index in [-0.39, 0.29) is 0 Å². The maximum atomic E-state index is 5.30. The van der Waals surface area contributed by atoms with E-state index in [0.717, 1.165) is 30.2 Å². The summed E-state index contributed by atoms with van der Waals surface area (Å²) in [6.07, 6.45) is 4.24. The Morgan fingerprint density at radius 2 is 2.33 bits per heavy atom. The Kier molecular flexibility index (Phi) is 2.91. The number of likely N-dealkylation sites (tertiary alicyclic amines) is 1. The molecule has 1 atom stereocenters. The van der Waals surface area contributed by atoms with Crippen LogP contribution in [0.4, 0.5) is 0 Å². The second kappa shape index (κ2) is 4.57. The number of hydrogen-bond acceptors (Lipinski definition) is 4. The summed E-state index contributed by atoms with van der Waals surface area (Å²) in [7, 11) is 3.83. The summed E-state index contributed by atoms with van der Waals surface area (Å²) < 4.78 is 7.34. The van der Waals surface area contributed by atoms with Crippen molar-refractivity contribution in [3.8, 4) is 5.75 Å². The quantitative estimate of drug-likeness (QED) is 0.817. The Balaban J connectivity index is 1.89. The largest absolute Gasteiger partial charge is 0.493 e. The molecule has 0 radical (unpaired) electrons. The summed E-state index contributed by atoms with van der Waals surface area (Å²) in [5, 5.41) is 8.53. The third-order valence-electron chi connectivity index (χ3n) is 3.65. The molecule has 0 saturated carbocycles. The average molecular weight is 246 g/mol. The van der Waals surface area contributed by atoms with Crippen molar-refractivity contribution in [1.82, 2.24) is 19.5 Å². The van der Waals surface area contributed by atoms with Gasteiger partial charge < -0.3 is 9.64 Å². The van der Waals surface area contributed by atoms with Crippen molar-refractivity contribution in [2.24, 2.45) is 5.92 Å². The molecule has 2 aromatic heterocycles. The van der Waals surface area contributed by atoms with Gasteiger partial charge in [-0.25, -0.2) is 0 Å². The highest BCUT2D eigenvalue weighted by Crippen LogP contribution is 2.22. The van der Waals surface area contributed by atoms with Crippen molar-refractivity contribution in [3.63, 3.8) is 0 Å². The van der Waals surface area contributed by atoms with Crippen LogP contribution < -0.4 is 4.74 Å². The van der Waals surface area contributed by atoms with Crippen LogP contribution in [0.1, 0.15) is 12.2 Å². The molecule has 1 fully saturated rings. The normalized spacial score (nSPS) is 20.7. The van der Waals surface area contributed by atoms with Gasteiger partial charge in [-0.3, -0.25) is 4.40 Å². The van der Waals surface area contributed by atoms with E-state index in [1.165, 1.54) is 13.0 Å². The predicted octanol–water partition coefficient (Wildman–Crippen LogP) is 1.23. The monoisotopic (exact) mass is 246 g/mol. The van der Waals surface area contributed by atoms with E-state index in [0.29, 0.717) is 5.92 Å². The SMILES string of the molecule is COc1cccn2c(CC3CCN(C)C3)nnc12. The minimum atomic E-state index is 0.689. The molecule has 0 N–H and O–H groups in total. The summed E-state index contributed by atoms with van der Waals surface area (Å²) in [6.45, 7) is 2.34. The van der Waals surface area contributed by atoms with Crippen molar-refractivity contribution in [1.29, 1.82) is 0 Å². The number of aromatic nitrogens is 3. The van der Waals surface area contributed by atoms with Crippen LogP contribution in [0, 0.1) is 5.92 Å². The van der Waals surface area contributed by atoms with E-state index in [2.05, 4.69) is 22.1 Å². The van der Waals surface area contributed by atoms with Gasteiger partial charge in [0.05, 0.1) is 7.11 Å². The van der Waals surface area contributed by atoms with Gasteiger partial charge >= 0.3 is 0 Å². The highest BCUT2D eigenvalue weighted by molar-refractivity contribution is 5.53. The molecule has 0 aromatic carbocycles. The van der Waals surface area contributed by atoms with Crippen LogP contribution in [0.5, 0.6) is 5.75 Å². The molecule has 96 valence electrons. The van der Waals surface area contributed by atoms with E-state index in [4.69, 9.17) is 4.74 Å². The number of fused-ring (bicyclic) bond motifs is 1. The van der Waals surface area contributed by atoms with Gasteiger partial charge in [0.25, 0.3) is 0 Å². The van der Waals surface area contributed by atoms with E-state index in [1.54, 1.807) is 7.11 Å². The first kappa shape index (κ1) is 11.5. The molecule has 1 aliphatic heterocycles. The van der Waals surface area contributed by atoms with E-state index >= 15 is 0 Å². The summed E-state index contributed by atoms with van der Waals surface area (Å²) in [5.74, 6) is 2.50. The van der Waals surface area contributed by atoms with Crippen LogP contribution in [0.25, 0.3) is 5.65 Å². The highest BCUT2D eigenvalue weighted by atomic mass is 16.5. The van der Waals surface area contributed by atoms with Gasteiger partial charge in [0.15, 0.2) is 5.75 Å². The molecule has 0 aliphatic carbocycles. The van der Waals surface area contributed by atoms with Crippen LogP contribution in [0.3, 0.4) is 0 Å². The lowest BCUT2D eigenvalue weighted by atomic mass is 10.0. The summed E-state index contributed by atoms with van der Waals surface area (Å²) in [4.78, 5) is 2.37. The predicted molar refractivity (Wildman–Crippen MR) is 68.8 cm³/mol. The molecule has 1 saturated heterocycles. The number of pyridine rings is 1. The lowest BCUT2D eigenvalue weighted by Gasteiger charge is -2.09. The fourth-order valence-corrected chi connectivity index (χ4v) is 2.69. The number of nitrogens with zero attached hydrogens (tertiary/aromatic N) is 4. The Bertz CT molecular complexity index is 551. The minimum absolute atomic E-state index is 0.689. The number of hydrogen-bond donors (Lipinski definition) is 0. The van der Waals surface area contributed by atoms with Crippen molar-refractivity contribution in [2.75, 3.05) is 27.2 Å². The van der Waals surface area contributed by atoms with Gasteiger partial charge in [0, 0.05) is 19.2 Å². The van der Waals surface area contributed by atoms with Gasteiger partial charge in [0.2, 0.25) is 5.65 Å². The van der Waals surface area contributed by atoms with Crippen LogP contribution in [0.2, 0.25) is 0 Å². The zero-order chi connectivity index (χ0) is 12.5. The number of methoxy groups -OCH3 is 1. The zero-order valence-corrected chi connectivity index (χ0v) is 10.8. The molecular formula is C13H18N4O. The second-order valence-electron chi connectivity index (χ2n) is 5.01. The molecular weight excluding hydrogens is 228 g/mol. The standard InChI is InChI=1S/C13H18N4O/c1-16-7-5-10(9-16)8-12-14-15-13-11(18-2)4-3-6-17(12)13/h3-4,6,10H,5,7-9H2,1-2H3. The third-order valence-corrected chi connectivity index (χ3v) is 3.65. The van der Waals surface area contributed by atoms with Gasteiger partial charge in [-0.15, -0.1) is 10.2 Å². The van der Waals surface area contributed by atoms with E-state index in [1.807, 2.05) is 22.7 Å². The lowest BCUT2D eigenvalue weighted by Crippen LogP contribution is -2.15. The van der Waals surface area contributed by atoms with Crippen molar-refractivity contribution < 1.29 is 4.74 Å². The second-order valence-corrected chi connectivity index (χ2v) is 5.01. The first-order valence-corrected chi connectivity index (χ1v) is 6.33. The van der Waals surface area contributed by atoms with E-state index in [9.17, 15) is 0 Å². The number of rotatable bonds is 3. The van der Waals surface area contributed by atoms with Crippen molar-refractivity contribution in [2.45, 2.75) is 12.8 Å². The van der Waals surface area contributed by atoms with Gasteiger partial charge in [-0.1, -0.05) is 0 Å². The molecule has 3 heterocycles. The van der Waals surface area contributed by atoms with Gasteiger partial charge in [0.1, 0.15) is 5.82 Å². The Labute approximate surface area is 106 Å². The molecule has 3 rings (SSSR count). The molecule has 0 bridgehead atoms. The van der Waals surface area contributed by atoms with Crippen LogP contribution in [-0.4, -0.2) is 46.7 Å². The molecule has 5 nitrogen and oxygen atoms in total. The summed E-state index contributed by atoms with van der Waals surface area (Å²) in [5.41, 5.74) is 0.807. The summed E-state index contributed by atoms with van der Waals surface area (Å²) >= 11 is 0. The molecule has 1 unspecified atom stereocenters. The Morgan fingerprint density at radius 3 is 3.06 bits per heavy atom. The molecule has 1 aliphatic rings. The number of ether oxygens (including phenoxy) is 1. The minimum Gasteiger partial charge on any atom is -0.493 e. The molecule has 0 spiro atoms. The van der Waals surface area contributed by atoms with Crippen LogP contribution >= 0.6 is 0 Å². The topological polar surface area (TPSA) is 42.7 Å². The third kappa shape index (κ3) is 1.95. The van der Waals surface area contributed by atoms with Crippen LogP contribution in [0.15, 0.2) is 18.3 Å². The van der Waals surface area contributed by atoms with Gasteiger partial charge in [-0.2, -0.15) is 0 Å². The first-order chi connectivity index (χ1) is 8.78. The fourth-order valence-electron chi connectivity index (χ4n) is 2.69. The maximum Gasteiger partial charge on any atom is 0.203 e. The molecule has 2 aromatic rings. The van der Waals surface area contributed by atoms with E-state index < -0.39 is 0 Å². The first-order valence-electron chi connectivity index (χ1n) is 6.33. The van der Waals surface area contributed by atoms with Crippen molar-refractivity contribution >= 4 is 5.65 Å². The fraction of sp³-hybridized carbons (Fsp3) is 0.538. The molecule has 18 heavy (non-hydrogen) atoms. The van der Waals surface area contributed by atoms with Crippen LogP contribution in [-0.2, 0) is 6.42 Å². The summed E-state index contributed by atoms with van der Waals surface area (Å²) in [6, 6.07) is 3.89. The smallest absolute Gasteiger partial charge is 0.203 e. The molecule has 5 heteroatoms. The van der Waals surface area contributed by atoms with Gasteiger partial charge in [-0.05, 0) is 38.1 Å². The maximum absolute atomic E-state index is 5.30. The lowest BCUT2D eigenvalue weighted by molar-refractivity contribution is 0.392. The highest BCUT2D eigenvalue weighted by Gasteiger charge is 2.22. The average Bonchev–Trinajstić information content (AvgIpc) is 2.97. The zero-order valence-electron chi connectivity index (χ0n) is 10.8. The molecule has 0 amide bonds. The Morgan fingerprint density at radius 1 is 1.44 bits per heavy atom. The Hall–Kier alpha value is -1.62.